The van der Waals surface area contributed by atoms with Gasteiger partial charge in [0.25, 0.3) is 5.91 Å². The number of anilines is 2. The van der Waals surface area contributed by atoms with Crippen LogP contribution in [0.3, 0.4) is 0 Å². The van der Waals surface area contributed by atoms with Crippen LogP contribution in [0.1, 0.15) is 43.7 Å². The molecule has 0 saturated carbocycles. The van der Waals surface area contributed by atoms with E-state index in [-0.39, 0.29) is 11.8 Å². The average molecular weight is 378 g/mol. The van der Waals surface area contributed by atoms with Gasteiger partial charge in [-0.2, -0.15) is 0 Å². The molecule has 1 atom stereocenters. The Bertz CT molecular complexity index is 876. The van der Waals surface area contributed by atoms with E-state index in [0.29, 0.717) is 12.1 Å². The number of nitrogens with one attached hydrogen (secondary N) is 1. The summed E-state index contributed by atoms with van der Waals surface area (Å²) in [6, 6.07) is 13.5. The number of rotatable bonds is 5. The van der Waals surface area contributed by atoms with Crippen molar-refractivity contribution in [2.24, 2.45) is 0 Å². The Morgan fingerprint density at radius 2 is 1.82 bits per heavy atom. The first-order valence-electron chi connectivity index (χ1n) is 10.1. The molecule has 1 aliphatic carbocycles. The van der Waals surface area contributed by atoms with Gasteiger partial charge in [0.2, 0.25) is 5.91 Å². The highest BCUT2D eigenvalue weighted by atomic mass is 16.5. The van der Waals surface area contributed by atoms with Crippen molar-refractivity contribution < 1.29 is 14.3 Å². The minimum Gasteiger partial charge on any atom is -0.481 e. The number of aryl methyl sites for hydroxylation is 1. The molecule has 0 aromatic heterocycles. The lowest BCUT2D eigenvalue weighted by Crippen LogP contribution is -2.30. The van der Waals surface area contributed by atoms with Crippen LogP contribution in [0.15, 0.2) is 42.5 Å². The normalized spacial score (nSPS) is 17.2. The maximum Gasteiger partial charge on any atom is 0.265 e. The number of hydrogen-bond donors (Lipinski definition) is 1. The molecule has 2 amide bonds. The molecular weight excluding hydrogens is 352 g/mol. The van der Waals surface area contributed by atoms with Crippen molar-refractivity contribution in [3.05, 3.63) is 53.6 Å². The summed E-state index contributed by atoms with van der Waals surface area (Å²) in [5.41, 5.74) is 4.16. The Morgan fingerprint density at radius 1 is 1.04 bits per heavy atom. The Balaban J connectivity index is 1.39. The van der Waals surface area contributed by atoms with Crippen molar-refractivity contribution in [3.63, 3.8) is 0 Å². The molecule has 0 spiro atoms. The Morgan fingerprint density at radius 3 is 2.57 bits per heavy atom. The van der Waals surface area contributed by atoms with Crippen molar-refractivity contribution in [1.29, 1.82) is 0 Å². The lowest BCUT2D eigenvalue weighted by Gasteiger charge is -2.22. The van der Waals surface area contributed by atoms with Crippen LogP contribution in [-0.4, -0.2) is 24.5 Å². The van der Waals surface area contributed by atoms with E-state index in [1.54, 1.807) is 11.8 Å². The largest absolute Gasteiger partial charge is 0.481 e. The van der Waals surface area contributed by atoms with E-state index in [0.717, 1.165) is 37.2 Å². The molecule has 1 aliphatic heterocycles. The number of fused-ring (bicyclic) bond motifs is 1. The number of carbonyl (C=O) groups excluding carboxylic acids is 2. The highest BCUT2D eigenvalue weighted by Crippen LogP contribution is 2.30. The first-order valence-corrected chi connectivity index (χ1v) is 10.1. The second-order valence-corrected chi connectivity index (χ2v) is 7.55. The van der Waals surface area contributed by atoms with Crippen LogP contribution in [0.2, 0.25) is 0 Å². The third kappa shape index (κ3) is 3.88. The minimum atomic E-state index is -0.590. The molecule has 1 fully saturated rings. The molecule has 1 saturated heterocycles. The topological polar surface area (TPSA) is 58.6 Å². The highest BCUT2D eigenvalue weighted by molar-refractivity contribution is 5.96. The number of benzene rings is 2. The fraction of sp³-hybridized carbons (Fsp3) is 0.391. The lowest BCUT2D eigenvalue weighted by atomic mass is 9.91. The zero-order valence-electron chi connectivity index (χ0n) is 16.2. The predicted molar refractivity (Wildman–Crippen MR) is 110 cm³/mol. The van der Waals surface area contributed by atoms with Gasteiger partial charge in [-0.25, -0.2) is 0 Å². The molecule has 1 unspecified atom stereocenters. The number of carbonyl (C=O) groups is 2. The molecule has 2 aromatic rings. The van der Waals surface area contributed by atoms with Gasteiger partial charge in [0, 0.05) is 24.3 Å². The van der Waals surface area contributed by atoms with Crippen LogP contribution in [0.4, 0.5) is 11.4 Å². The maximum absolute atomic E-state index is 12.6. The summed E-state index contributed by atoms with van der Waals surface area (Å²) in [5, 5.41) is 2.90. The van der Waals surface area contributed by atoms with Crippen molar-refractivity contribution >= 4 is 23.2 Å². The van der Waals surface area contributed by atoms with Crippen molar-refractivity contribution in [2.75, 3.05) is 16.8 Å². The molecule has 0 bridgehead atoms. The standard InChI is InChI=1S/C23H26N2O3/c1-16(28-21-9-4-7-17-6-2-3-8-20(17)21)23(27)24-18-11-13-19(14-12-18)25-15-5-10-22(25)26/h4,7,9,11-14,16H,2-3,5-6,8,10,15H2,1H3,(H,24,27). The van der Waals surface area contributed by atoms with E-state index in [1.165, 1.54) is 24.0 Å². The zero-order chi connectivity index (χ0) is 19.5. The van der Waals surface area contributed by atoms with Crippen molar-refractivity contribution in [3.8, 4) is 5.75 Å². The van der Waals surface area contributed by atoms with E-state index < -0.39 is 6.10 Å². The van der Waals surface area contributed by atoms with E-state index in [2.05, 4.69) is 11.4 Å². The number of ether oxygens (including phenoxy) is 1. The highest BCUT2D eigenvalue weighted by Gasteiger charge is 2.22. The van der Waals surface area contributed by atoms with E-state index in [9.17, 15) is 9.59 Å². The Labute approximate surface area is 165 Å². The molecule has 28 heavy (non-hydrogen) atoms. The van der Waals surface area contributed by atoms with Crippen LogP contribution in [-0.2, 0) is 22.4 Å². The first-order chi connectivity index (χ1) is 13.6. The quantitative estimate of drug-likeness (QED) is 0.852. The molecule has 5 nitrogen and oxygen atoms in total. The van der Waals surface area contributed by atoms with Crippen LogP contribution in [0, 0.1) is 0 Å². The second-order valence-electron chi connectivity index (χ2n) is 7.55. The molecule has 5 heteroatoms. The lowest BCUT2D eigenvalue weighted by molar-refractivity contribution is -0.122. The fourth-order valence-corrected chi connectivity index (χ4v) is 3.99. The number of hydrogen-bond acceptors (Lipinski definition) is 3. The van der Waals surface area contributed by atoms with Gasteiger partial charge in [-0.05, 0) is 80.5 Å². The summed E-state index contributed by atoms with van der Waals surface area (Å²) in [7, 11) is 0. The summed E-state index contributed by atoms with van der Waals surface area (Å²) in [4.78, 5) is 26.2. The van der Waals surface area contributed by atoms with Gasteiger partial charge < -0.3 is 15.0 Å². The van der Waals surface area contributed by atoms with Crippen molar-refractivity contribution in [2.45, 2.75) is 51.6 Å². The van der Waals surface area contributed by atoms with Crippen LogP contribution >= 0.6 is 0 Å². The van der Waals surface area contributed by atoms with Crippen LogP contribution in [0.5, 0.6) is 5.75 Å². The van der Waals surface area contributed by atoms with E-state index in [1.807, 2.05) is 36.4 Å². The zero-order valence-corrected chi connectivity index (χ0v) is 16.2. The molecule has 2 aliphatic rings. The Hall–Kier alpha value is -2.82. The summed E-state index contributed by atoms with van der Waals surface area (Å²) < 4.78 is 6.00. The Kier molecular flexibility index (Phi) is 5.33. The van der Waals surface area contributed by atoms with Crippen LogP contribution < -0.4 is 15.0 Å². The SMILES string of the molecule is CC(Oc1cccc2c1CCCC2)C(=O)Nc1ccc(N2CCCC2=O)cc1. The van der Waals surface area contributed by atoms with E-state index in [4.69, 9.17) is 4.74 Å². The molecule has 2 aromatic carbocycles. The fourth-order valence-electron chi connectivity index (χ4n) is 3.99. The minimum absolute atomic E-state index is 0.157. The van der Waals surface area contributed by atoms with E-state index >= 15 is 0 Å². The third-order valence-electron chi connectivity index (χ3n) is 5.55. The molecule has 0 radical (unpaired) electrons. The summed E-state index contributed by atoms with van der Waals surface area (Å²) in [6.45, 7) is 2.53. The number of nitrogens with zero attached hydrogens (tertiary/aromatic N) is 1. The monoisotopic (exact) mass is 378 g/mol. The maximum atomic E-state index is 12.6. The first kappa shape index (κ1) is 18.5. The predicted octanol–water partition coefficient (Wildman–Crippen LogP) is 4.10. The summed E-state index contributed by atoms with van der Waals surface area (Å²) in [5.74, 6) is 0.797. The van der Waals surface area contributed by atoms with Gasteiger partial charge in [0.05, 0.1) is 0 Å². The third-order valence-corrected chi connectivity index (χ3v) is 5.55. The van der Waals surface area contributed by atoms with Gasteiger partial charge in [-0.3, -0.25) is 9.59 Å². The van der Waals surface area contributed by atoms with Gasteiger partial charge >= 0.3 is 0 Å². The second kappa shape index (κ2) is 8.05. The molecular formula is C23H26N2O3. The van der Waals surface area contributed by atoms with Gasteiger partial charge in [-0.15, -0.1) is 0 Å². The smallest absolute Gasteiger partial charge is 0.265 e. The van der Waals surface area contributed by atoms with Gasteiger partial charge in [-0.1, -0.05) is 12.1 Å². The molecule has 146 valence electrons. The van der Waals surface area contributed by atoms with Gasteiger partial charge in [0.1, 0.15) is 5.75 Å². The molecule has 1 N–H and O–H groups in total. The van der Waals surface area contributed by atoms with Gasteiger partial charge in [0.15, 0.2) is 6.10 Å². The molecule has 1 heterocycles. The van der Waals surface area contributed by atoms with Crippen molar-refractivity contribution in [1.82, 2.24) is 0 Å². The number of amides is 2. The van der Waals surface area contributed by atoms with Crippen LogP contribution in [0.25, 0.3) is 0 Å². The average Bonchev–Trinajstić information content (AvgIpc) is 3.14. The summed E-state index contributed by atoms with van der Waals surface area (Å²) in [6.07, 6.45) is 5.39. The summed E-state index contributed by atoms with van der Waals surface area (Å²) >= 11 is 0. The molecule has 4 rings (SSSR count).